The van der Waals surface area contributed by atoms with Crippen molar-refractivity contribution >= 4 is 5.97 Å². The minimum Gasteiger partial charge on any atom is -0.465 e. The van der Waals surface area contributed by atoms with Gasteiger partial charge in [-0.3, -0.25) is 0 Å². The minimum atomic E-state index is -2.46. The molecule has 0 fully saturated rings. The number of hydrogen-bond acceptors (Lipinski definition) is 3. The van der Waals surface area contributed by atoms with Gasteiger partial charge in [0.05, 0.1) is 19.3 Å². The Labute approximate surface area is 92.0 Å². The molecule has 1 aromatic rings. The van der Waals surface area contributed by atoms with Gasteiger partial charge in [-0.2, -0.15) is 0 Å². The van der Waals surface area contributed by atoms with Gasteiger partial charge in [-0.05, 0) is 17.7 Å². The summed E-state index contributed by atoms with van der Waals surface area (Å²) in [5, 5.41) is 0. The standard InChI is InChI=1S/C11H12F2O3/c1-15-11(14)9-4-2-8(3-5-9)6-16-7-10(12)13/h2-5,10H,6-7H2,1H3. The average Bonchev–Trinajstić information content (AvgIpc) is 2.28. The van der Waals surface area contributed by atoms with Crippen molar-refractivity contribution in [2.45, 2.75) is 13.0 Å². The molecule has 1 aromatic carbocycles. The van der Waals surface area contributed by atoms with E-state index in [9.17, 15) is 13.6 Å². The van der Waals surface area contributed by atoms with E-state index in [1.165, 1.54) is 7.11 Å². The predicted octanol–water partition coefficient (Wildman–Crippen LogP) is 2.25. The Balaban J connectivity index is 2.48. The monoisotopic (exact) mass is 230 g/mol. The molecule has 0 amide bonds. The van der Waals surface area contributed by atoms with E-state index in [0.29, 0.717) is 5.56 Å². The van der Waals surface area contributed by atoms with Crippen LogP contribution in [0.25, 0.3) is 0 Å². The summed E-state index contributed by atoms with van der Waals surface area (Å²) in [5.74, 6) is -0.431. The highest BCUT2D eigenvalue weighted by Gasteiger charge is 2.05. The molecule has 0 spiro atoms. The number of alkyl halides is 2. The number of carbonyl (C=O) groups is 1. The van der Waals surface area contributed by atoms with Crippen LogP contribution in [0.1, 0.15) is 15.9 Å². The molecule has 0 bridgehead atoms. The summed E-state index contributed by atoms with van der Waals surface area (Å²) in [4.78, 5) is 11.1. The molecule has 0 saturated heterocycles. The van der Waals surface area contributed by atoms with Gasteiger partial charge in [0.15, 0.2) is 0 Å². The van der Waals surface area contributed by atoms with Gasteiger partial charge >= 0.3 is 5.97 Å². The molecular weight excluding hydrogens is 218 g/mol. The highest BCUT2D eigenvalue weighted by Crippen LogP contribution is 2.07. The summed E-state index contributed by atoms with van der Waals surface area (Å²) in [7, 11) is 1.29. The molecule has 0 N–H and O–H groups in total. The third kappa shape index (κ3) is 3.94. The van der Waals surface area contributed by atoms with Crippen molar-refractivity contribution in [1.29, 1.82) is 0 Å². The predicted molar refractivity (Wildman–Crippen MR) is 53.4 cm³/mol. The maximum absolute atomic E-state index is 11.8. The van der Waals surface area contributed by atoms with Gasteiger partial charge in [0.1, 0.15) is 6.61 Å². The van der Waals surface area contributed by atoms with Gasteiger partial charge in [-0.25, -0.2) is 13.6 Å². The Kier molecular flexibility index (Phi) is 4.85. The van der Waals surface area contributed by atoms with Crippen LogP contribution in [0.5, 0.6) is 0 Å². The summed E-state index contributed by atoms with van der Waals surface area (Å²) >= 11 is 0. The molecule has 3 nitrogen and oxygen atoms in total. The largest absolute Gasteiger partial charge is 0.465 e. The fourth-order valence-corrected chi connectivity index (χ4v) is 1.12. The van der Waals surface area contributed by atoms with E-state index in [1.54, 1.807) is 24.3 Å². The lowest BCUT2D eigenvalue weighted by atomic mass is 10.1. The molecule has 0 radical (unpaired) electrons. The van der Waals surface area contributed by atoms with Crippen molar-refractivity contribution in [1.82, 2.24) is 0 Å². The fourth-order valence-electron chi connectivity index (χ4n) is 1.12. The molecule has 0 aliphatic rings. The van der Waals surface area contributed by atoms with Crippen LogP contribution in [0.3, 0.4) is 0 Å². The third-order valence-corrected chi connectivity index (χ3v) is 1.89. The van der Waals surface area contributed by atoms with Gasteiger partial charge < -0.3 is 9.47 Å². The molecule has 0 atom stereocenters. The Bertz CT molecular complexity index is 336. The average molecular weight is 230 g/mol. The molecule has 16 heavy (non-hydrogen) atoms. The van der Waals surface area contributed by atoms with Crippen LogP contribution in [0.2, 0.25) is 0 Å². The zero-order valence-corrected chi connectivity index (χ0v) is 8.78. The normalized spacial score (nSPS) is 10.5. The number of rotatable bonds is 5. The van der Waals surface area contributed by atoms with E-state index in [1.807, 2.05) is 0 Å². The zero-order valence-electron chi connectivity index (χ0n) is 8.78. The molecule has 0 saturated carbocycles. The number of hydrogen-bond donors (Lipinski definition) is 0. The number of ether oxygens (including phenoxy) is 2. The van der Waals surface area contributed by atoms with Gasteiger partial charge in [-0.15, -0.1) is 0 Å². The smallest absolute Gasteiger partial charge is 0.337 e. The topological polar surface area (TPSA) is 35.5 Å². The van der Waals surface area contributed by atoms with Crippen LogP contribution in [0.15, 0.2) is 24.3 Å². The Morgan fingerprint density at radius 3 is 2.44 bits per heavy atom. The number of halogens is 2. The Hall–Kier alpha value is -1.49. The van der Waals surface area contributed by atoms with Crippen molar-refractivity contribution in [2.75, 3.05) is 13.7 Å². The molecule has 0 heterocycles. The molecule has 0 aromatic heterocycles. The lowest BCUT2D eigenvalue weighted by Crippen LogP contribution is -2.05. The van der Waals surface area contributed by atoms with E-state index in [2.05, 4.69) is 4.74 Å². The summed E-state index contributed by atoms with van der Waals surface area (Å²) in [5.41, 5.74) is 1.15. The highest BCUT2D eigenvalue weighted by atomic mass is 19.3. The van der Waals surface area contributed by atoms with Crippen LogP contribution in [0, 0.1) is 0 Å². The van der Waals surface area contributed by atoms with E-state index >= 15 is 0 Å². The highest BCUT2D eigenvalue weighted by molar-refractivity contribution is 5.89. The number of methoxy groups -OCH3 is 1. The van der Waals surface area contributed by atoms with Gasteiger partial charge in [-0.1, -0.05) is 12.1 Å². The van der Waals surface area contributed by atoms with E-state index in [-0.39, 0.29) is 6.61 Å². The Morgan fingerprint density at radius 1 is 1.31 bits per heavy atom. The van der Waals surface area contributed by atoms with Crippen molar-refractivity contribution in [3.63, 3.8) is 0 Å². The van der Waals surface area contributed by atoms with Crippen LogP contribution in [0.4, 0.5) is 8.78 Å². The molecule has 1 rings (SSSR count). The number of benzene rings is 1. The molecule has 88 valence electrons. The third-order valence-electron chi connectivity index (χ3n) is 1.89. The Morgan fingerprint density at radius 2 is 1.94 bits per heavy atom. The lowest BCUT2D eigenvalue weighted by molar-refractivity contribution is 0.00988. The first-order chi connectivity index (χ1) is 7.63. The van der Waals surface area contributed by atoms with Gasteiger partial charge in [0.2, 0.25) is 0 Å². The van der Waals surface area contributed by atoms with Crippen molar-refractivity contribution in [2.24, 2.45) is 0 Å². The van der Waals surface area contributed by atoms with Gasteiger partial charge in [0, 0.05) is 0 Å². The van der Waals surface area contributed by atoms with Crippen LogP contribution in [-0.2, 0) is 16.1 Å². The second-order valence-corrected chi connectivity index (χ2v) is 3.09. The molecule has 0 aliphatic heterocycles. The molecular formula is C11H12F2O3. The minimum absolute atomic E-state index is 0.103. The van der Waals surface area contributed by atoms with Gasteiger partial charge in [0.25, 0.3) is 6.43 Å². The maximum atomic E-state index is 11.8. The molecule has 0 unspecified atom stereocenters. The second-order valence-electron chi connectivity index (χ2n) is 3.09. The van der Waals surface area contributed by atoms with Crippen LogP contribution >= 0.6 is 0 Å². The summed E-state index contributed by atoms with van der Waals surface area (Å²) < 4.78 is 32.8. The number of carbonyl (C=O) groups excluding carboxylic acids is 1. The zero-order chi connectivity index (χ0) is 12.0. The van der Waals surface area contributed by atoms with E-state index in [0.717, 1.165) is 5.56 Å². The van der Waals surface area contributed by atoms with Crippen LogP contribution < -0.4 is 0 Å². The van der Waals surface area contributed by atoms with Crippen molar-refractivity contribution in [3.05, 3.63) is 35.4 Å². The molecule has 0 aliphatic carbocycles. The first-order valence-corrected chi connectivity index (χ1v) is 4.66. The summed E-state index contributed by atoms with van der Waals surface area (Å²) in [6, 6.07) is 6.40. The first kappa shape index (κ1) is 12.6. The first-order valence-electron chi connectivity index (χ1n) is 4.66. The van der Waals surface area contributed by atoms with Crippen molar-refractivity contribution in [3.8, 4) is 0 Å². The SMILES string of the molecule is COC(=O)c1ccc(COCC(F)F)cc1. The quantitative estimate of drug-likeness (QED) is 0.728. The fraction of sp³-hybridized carbons (Fsp3) is 0.364. The maximum Gasteiger partial charge on any atom is 0.337 e. The summed E-state index contributed by atoms with van der Waals surface area (Å²) in [6.45, 7) is -0.482. The van der Waals surface area contributed by atoms with Crippen molar-refractivity contribution < 1.29 is 23.0 Å². The second kappa shape index (κ2) is 6.17. The van der Waals surface area contributed by atoms with Crippen LogP contribution in [-0.4, -0.2) is 26.1 Å². The number of esters is 1. The lowest BCUT2D eigenvalue weighted by Gasteiger charge is -2.04. The van der Waals surface area contributed by atoms with E-state index < -0.39 is 19.0 Å². The van der Waals surface area contributed by atoms with E-state index in [4.69, 9.17) is 4.74 Å². The summed E-state index contributed by atoms with van der Waals surface area (Å²) in [6.07, 6.45) is -2.46. The molecule has 5 heteroatoms.